The summed E-state index contributed by atoms with van der Waals surface area (Å²) in [5.41, 5.74) is 0.237. The zero-order valence-corrected chi connectivity index (χ0v) is 9.38. The summed E-state index contributed by atoms with van der Waals surface area (Å²) in [5, 5.41) is 0.700. The maximum atomic E-state index is 5.81. The number of hydrogen-bond acceptors (Lipinski definition) is 2. The minimum absolute atomic E-state index is 0.237. The second-order valence-electron chi connectivity index (χ2n) is 4.40. The van der Waals surface area contributed by atoms with Gasteiger partial charge in [-0.3, -0.25) is 0 Å². The first kappa shape index (κ1) is 9.78. The smallest absolute Gasteiger partial charge is 0.129 e. The Balaban J connectivity index is 2.27. The second kappa shape index (κ2) is 3.43. The maximum absolute atomic E-state index is 5.81. The van der Waals surface area contributed by atoms with Crippen LogP contribution in [0.5, 0.6) is 0 Å². The quantitative estimate of drug-likeness (QED) is 0.708. The highest BCUT2D eigenvalue weighted by atomic mass is 35.5. The molecule has 1 aliphatic heterocycles. The molecule has 2 nitrogen and oxygen atoms in total. The maximum Gasteiger partial charge on any atom is 0.129 e. The van der Waals surface area contributed by atoms with E-state index in [1.165, 1.54) is 12.8 Å². The highest BCUT2D eigenvalue weighted by Crippen LogP contribution is 2.32. The molecule has 0 saturated carbocycles. The van der Waals surface area contributed by atoms with Crippen molar-refractivity contribution >= 4 is 17.4 Å². The van der Waals surface area contributed by atoms with Gasteiger partial charge in [-0.25, -0.2) is 4.98 Å². The molecule has 1 fully saturated rings. The van der Waals surface area contributed by atoms with Gasteiger partial charge in [0, 0.05) is 18.3 Å². The van der Waals surface area contributed by atoms with Gasteiger partial charge < -0.3 is 4.90 Å². The Morgan fingerprint density at radius 1 is 1.43 bits per heavy atom. The molecule has 1 aromatic rings. The summed E-state index contributed by atoms with van der Waals surface area (Å²) in [7, 11) is 0. The van der Waals surface area contributed by atoms with Crippen molar-refractivity contribution in [1.29, 1.82) is 0 Å². The fraction of sp³-hybridized carbons (Fsp3) is 0.545. The van der Waals surface area contributed by atoms with E-state index in [1.54, 1.807) is 6.20 Å². The average molecular weight is 211 g/mol. The molecular weight excluding hydrogens is 196 g/mol. The molecule has 1 aliphatic rings. The summed E-state index contributed by atoms with van der Waals surface area (Å²) < 4.78 is 0. The highest BCUT2D eigenvalue weighted by Gasteiger charge is 2.32. The Hall–Kier alpha value is -0.760. The standard InChI is InChI=1S/C11H15ClN2/c1-11(2)6-3-7-14(11)10-5-4-9(12)8-13-10/h4-5,8H,3,6-7H2,1-2H3. The van der Waals surface area contributed by atoms with Crippen LogP contribution in [0.2, 0.25) is 5.02 Å². The Kier molecular flexibility index (Phi) is 2.40. The summed E-state index contributed by atoms with van der Waals surface area (Å²) in [4.78, 5) is 6.70. The van der Waals surface area contributed by atoms with Gasteiger partial charge in [0.25, 0.3) is 0 Å². The fourth-order valence-corrected chi connectivity index (χ4v) is 2.17. The SMILES string of the molecule is CC1(C)CCCN1c1ccc(Cl)cn1. The number of rotatable bonds is 1. The predicted octanol–water partition coefficient (Wildman–Crippen LogP) is 3.11. The number of halogens is 1. The molecule has 0 amide bonds. The number of aromatic nitrogens is 1. The van der Waals surface area contributed by atoms with Crippen molar-refractivity contribution in [3.63, 3.8) is 0 Å². The minimum Gasteiger partial charge on any atom is -0.352 e. The molecule has 0 aliphatic carbocycles. The van der Waals surface area contributed by atoms with Crippen LogP contribution in [-0.2, 0) is 0 Å². The monoisotopic (exact) mass is 210 g/mol. The zero-order chi connectivity index (χ0) is 10.2. The molecule has 1 saturated heterocycles. The van der Waals surface area contributed by atoms with Crippen LogP contribution >= 0.6 is 11.6 Å². The first-order chi connectivity index (χ1) is 6.59. The number of pyridine rings is 1. The summed E-state index contributed by atoms with van der Waals surface area (Å²) >= 11 is 5.81. The van der Waals surface area contributed by atoms with Crippen molar-refractivity contribution in [3.05, 3.63) is 23.4 Å². The normalized spacial score (nSPS) is 20.1. The van der Waals surface area contributed by atoms with Crippen molar-refractivity contribution in [3.8, 4) is 0 Å². The van der Waals surface area contributed by atoms with E-state index in [9.17, 15) is 0 Å². The van der Waals surface area contributed by atoms with Crippen LogP contribution in [0.25, 0.3) is 0 Å². The largest absolute Gasteiger partial charge is 0.352 e. The molecule has 14 heavy (non-hydrogen) atoms. The van der Waals surface area contributed by atoms with Gasteiger partial charge >= 0.3 is 0 Å². The number of nitrogens with zero attached hydrogens (tertiary/aromatic N) is 2. The van der Waals surface area contributed by atoms with Crippen LogP contribution in [0.1, 0.15) is 26.7 Å². The molecule has 0 bridgehead atoms. The molecule has 1 aromatic heterocycles. The van der Waals surface area contributed by atoms with Crippen molar-refractivity contribution in [2.45, 2.75) is 32.2 Å². The Morgan fingerprint density at radius 2 is 2.21 bits per heavy atom. The number of anilines is 1. The molecule has 2 rings (SSSR count). The lowest BCUT2D eigenvalue weighted by atomic mass is 10.0. The van der Waals surface area contributed by atoms with Gasteiger partial charge in [0.2, 0.25) is 0 Å². The Morgan fingerprint density at radius 3 is 2.71 bits per heavy atom. The predicted molar refractivity (Wildman–Crippen MR) is 59.9 cm³/mol. The molecular formula is C11H15ClN2. The van der Waals surface area contributed by atoms with Gasteiger partial charge in [-0.05, 0) is 38.8 Å². The third-order valence-corrected chi connectivity index (χ3v) is 3.11. The van der Waals surface area contributed by atoms with Gasteiger partial charge in [-0.2, -0.15) is 0 Å². The Labute approximate surface area is 89.9 Å². The third kappa shape index (κ3) is 1.71. The van der Waals surface area contributed by atoms with Crippen LogP contribution in [0, 0.1) is 0 Å². The van der Waals surface area contributed by atoms with Crippen LogP contribution < -0.4 is 4.90 Å². The second-order valence-corrected chi connectivity index (χ2v) is 4.84. The molecule has 0 radical (unpaired) electrons. The van der Waals surface area contributed by atoms with E-state index in [0.717, 1.165) is 12.4 Å². The summed E-state index contributed by atoms with van der Waals surface area (Å²) in [6, 6.07) is 3.90. The molecule has 0 N–H and O–H groups in total. The van der Waals surface area contributed by atoms with E-state index in [4.69, 9.17) is 11.6 Å². The lowest BCUT2D eigenvalue weighted by molar-refractivity contribution is 0.514. The van der Waals surface area contributed by atoms with Crippen molar-refractivity contribution in [2.24, 2.45) is 0 Å². The van der Waals surface area contributed by atoms with Crippen molar-refractivity contribution in [1.82, 2.24) is 4.98 Å². The first-order valence-corrected chi connectivity index (χ1v) is 5.37. The molecule has 0 atom stereocenters. The lowest BCUT2D eigenvalue weighted by Gasteiger charge is -2.32. The molecule has 0 aromatic carbocycles. The lowest BCUT2D eigenvalue weighted by Crippen LogP contribution is -2.38. The van der Waals surface area contributed by atoms with Crippen LogP contribution in [-0.4, -0.2) is 17.1 Å². The highest BCUT2D eigenvalue weighted by molar-refractivity contribution is 6.30. The van der Waals surface area contributed by atoms with E-state index in [1.807, 2.05) is 12.1 Å². The van der Waals surface area contributed by atoms with E-state index in [-0.39, 0.29) is 5.54 Å². The Bertz CT molecular complexity index is 319. The van der Waals surface area contributed by atoms with E-state index in [0.29, 0.717) is 5.02 Å². The summed E-state index contributed by atoms with van der Waals surface area (Å²) in [5.74, 6) is 1.04. The van der Waals surface area contributed by atoms with E-state index < -0.39 is 0 Å². The minimum atomic E-state index is 0.237. The zero-order valence-electron chi connectivity index (χ0n) is 8.63. The summed E-state index contributed by atoms with van der Waals surface area (Å²) in [6.45, 7) is 5.62. The van der Waals surface area contributed by atoms with Gasteiger partial charge in [0.05, 0.1) is 5.02 Å². The van der Waals surface area contributed by atoms with Gasteiger partial charge in [0.15, 0.2) is 0 Å². The van der Waals surface area contributed by atoms with E-state index in [2.05, 4.69) is 23.7 Å². The van der Waals surface area contributed by atoms with Crippen LogP contribution in [0.4, 0.5) is 5.82 Å². The van der Waals surface area contributed by atoms with Gasteiger partial charge in [0.1, 0.15) is 5.82 Å². The van der Waals surface area contributed by atoms with E-state index >= 15 is 0 Å². The first-order valence-electron chi connectivity index (χ1n) is 4.99. The molecule has 0 unspecified atom stereocenters. The average Bonchev–Trinajstić information content (AvgIpc) is 2.47. The topological polar surface area (TPSA) is 16.1 Å². The summed E-state index contributed by atoms with van der Waals surface area (Å²) in [6.07, 6.45) is 4.19. The molecule has 3 heteroatoms. The van der Waals surface area contributed by atoms with Crippen LogP contribution in [0.15, 0.2) is 18.3 Å². The van der Waals surface area contributed by atoms with Crippen molar-refractivity contribution in [2.75, 3.05) is 11.4 Å². The molecule has 2 heterocycles. The molecule has 76 valence electrons. The van der Waals surface area contributed by atoms with Gasteiger partial charge in [-0.15, -0.1) is 0 Å². The van der Waals surface area contributed by atoms with Gasteiger partial charge in [-0.1, -0.05) is 11.6 Å². The van der Waals surface area contributed by atoms with Crippen LogP contribution in [0.3, 0.4) is 0 Å². The van der Waals surface area contributed by atoms with Crippen molar-refractivity contribution < 1.29 is 0 Å². The third-order valence-electron chi connectivity index (χ3n) is 2.89. The fourth-order valence-electron chi connectivity index (χ4n) is 2.06. The number of hydrogen-bond donors (Lipinski definition) is 0. The molecule has 0 spiro atoms.